The van der Waals surface area contributed by atoms with Gasteiger partial charge in [0.1, 0.15) is 0 Å². The van der Waals surface area contributed by atoms with E-state index in [0.717, 1.165) is 11.1 Å². The fraction of sp³-hybridized carbons (Fsp3) is 0.462. The van der Waals surface area contributed by atoms with Crippen molar-refractivity contribution in [1.29, 1.82) is 0 Å². The lowest BCUT2D eigenvalue weighted by atomic mass is 10.0. The summed E-state index contributed by atoms with van der Waals surface area (Å²) in [5, 5.41) is 8.62. The van der Waals surface area contributed by atoms with E-state index in [4.69, 9.17) is 14.6 Å². The molecule has 1 aromatic rings. The predicted molar refractivity (Wildman–Crippen MR) is 64.9 cm³/mol. The summed E-state index contributed by atoms with van der Waals surface area (Å²) in [6.45, 7) is 1.97. The van der Waals surface area contributed by atoms with Crippen molar-refractivity contribution in [3.8, 4) is 11.5 Å². The molecule has 17 heavy (non-hydrogen) atoms. The Labute approximate surface area is 101 Å². The van der Waals surface area contributed by atoms with Gasteiger partial charge in [0.05, 0.1) is 14.2 Å². The molecule has 0 radical (unpaired) electrons. The van der Waals surface area contributed by atoms with Crippen LogP contribution in [0.1, 0.15) is 24.0 Å². The maximum absolute atomic E-state index is 10.5. The van der Waals surface area contributed by atoms with Crippen LogP contribution in [-0.2, 0) is 11.2 Å². The molecule has 0 fully saturated rings. The summed E-state index contributed by atoms with van der Waals surface area (Å²) in [7, 11) is 3.19. The predicted octanol–water partition coefficient (Wildman–Crippen LogP) is 2.42. The molecule has 0 aliphatic heterocycles. The second kappa shape index (κ2) is 6.13. The lowest BCUT2D eigenvalue weighted by Gasteiger charge is -2.13. The van der Waals surface area contributed by atoms with Gasteiger partial charge in [0, 0.05) is 6.42 Å². The summed E-state index contributed by atoms with van der Waals surface area (Å²) >= 11 is 0. The van der Waals surface area contributed by atoms with Crippen molar-refractivity contribution in [3.05, 3.63) is 23.3 Å². The average molecular weight is 238 g/mol. The largest absolute Gasteiger partial charge is 0.493 e. The molecule has 94 valence electrons. The monoisotopic (exact) mass is 238 g/mol. The number of carboxylic acid groups (broad SMARTS) is 1. The van der Waals surface area contributed by atoms with Crippen LogP contribution in [0.15, 0.2) is 12.1 Å². The lowest BCUT2D eigenvalue weighted by molar-refractivity contribution is -0.137. The van der Waals surface area contributed by atoms with Crippen LogP contribution in [0, 0.1) is 6.92 Å². The lowest BCUT2D eigenvalue weighted by Crippen LogP contribution is -2.00. The van der Waals surface area contributed by atoms with Gasteiger partial charge in [0.15, 0.2) is 11.5 Å². The highest BCUT2D eigenvalue weighted by atomic mass is 16.5. The minimum Gasteiger partial charge on any atom is -0.493 e. The Balaban J connectivity index is 2.88. The molecule has 0 amide bonds. The zero-order valence-electron chi connectivity index (χ0n) is 10.4. The minimum absolute atomic E-state index is 0.166. The van der Waals surface area contributed by atoms with Crippen LogP contribution >= 0.6 is 0 Å². The molecule has 0 heterocycles. The summed E-state index contributed by atoms with van der Waals surface area (Å²) in [4.78, 5) is 10.5. The first-order valence-corrected chi connectivity index (χ1v) is 5.51. The van der Waals surface area contributed by atoms with Gasteiger partial charge >= 0.3 is 5.97 Å². The van der Waals surface area contributed by atoms with Crippen molar-refractivity contribution in [3.63, 3.8) is 0 Å². The molecule has 4 heteroatoms. The SMILES string of the molecule is COc1cc(C)cc(CCCC(=O)O)c1OC. The molecule has 0 saturated heterocycles. The third-order valence-electron chi connectivity index (χ3n) is 2.54. The summed E-state index contributed by atoms with van der Waals surface area (Å²) in [5.74, 6) is 0.616. The van der Waals surface area contributed by atoms with E-state index in [1.54, 1.807) is 14.2 Å². The van der Waals surface area contributed by atoms with Gasteiger partial charge in [-0.05, 0) is 37.0 Å². The highest BCUT2D eigenvalue weighted by molar-refractivity contribution is 5.66. The molecule has 4 nitrogen and oxygen atoms in total. The molecule has 0 unspecified atom stereocenters. The number of methoxy groups -OCH3 is 2. The second-order valence-corrected chi connectivity index (χ2v) is 3.91. The Morgan fingerprint density at radius 2 is 2.00 bits per heavy atom. The van der Waals surface area contributed by atoms with E-state index in [2.05, 4.69) is 0 Å². The molecule has 0 spiro atoms. The maximum Gasteiger partial charge on any atom is 0.303 e. The Morgan fingerprint density at radius 3 is 2.53 bits per heavy atom. The normalized spacial score (nSPS) is 10.1. The molecule has 0 bridgehead atoms. The van der Waals surface area contributed by atoms with Crippen LogP contribution < -0.4 is 9.47 Å². The molecule has 0 aromatic heterocycles. The Bertz CT molecular complexity index is 399. The quantitative estimate of drug-likeness (QED) is 0.827. The molecular weight excluding hydrogens is 220 g/mol. The zero-order valence-corrected chi connectivity index (χ0v) is 10.4. The van der Waals surface area contributed by atoms with E-state index in [9.17, 15) is 4.79 Å². The zero-order chi connectivity index (χ0) is 12.8. The van der Waals surface area contributed by atoms with E-state index < -0.39 is 5.97 Å². The highest BCUT2D eigenvalue weighted by Gasteiger charge is 2.11. The van der Waals surface area contributed by atoms with E-state index >= 15 is 0 Å². The number of aliphatic carboxylic acids is 1. The second-order valence-electron chi connectivity index (χ2n) is 3.91. The van der Waals surface area contributed by atoms with Gasteiger partial charge < -0.3 is 14.6 Å². The van der Waals surface area contributed by atoms with Crippen molar-refractivity contribution < 1.29 is 19.4 Å². The third kappa shape index (κ3) is 3.66. The molecule has 1 rings (SSSR count). The van der Waals surface area contributed by atoms with Gasteiger partial charge in [-0.2, -0.15) is 0 Å². The topological polar surface area (TPSA) is 55.8 Å². The molecule has 1 aromatic carbocycles. The van der Waals surface area contributed by atoms with Crippen LogP contribution in [-0.4, -0.2) is 25.3 Å². The standard InChI is InChI=1S/C13H18O4/c1-9-7-10(5-4-6-12(14)15)13(17-3)11(8-9)16-2/h7-8H,4-6H2,1-3H3,(H,14,15). The number of carboxylic acids is 1. The minimum atomic E-state index is -0.774. The van der Waals surface area contributed by atoms with Crippen LogP contribution in [0.25, 0.3) is 0 Å². The van der Waals surface area contributed by atoms with Crippen molar-refractivity contribution in [2.75, 3.05) is 14.2 Å². The maximum atomic E-state index is 10.5. The first-order valence-electron chi connectivity index (χ1n) is 5.51. The Morgan fingerprint density at radius 1 is 1.29 bits per heavy atom. The van der Waals surface area contributed by atoms with Crippen molar-refractivity contribution in [2.24, 2.45) is 0 Å². The summed E-state index contributed by atoms with van der Waals surface area (Å²) < 4.78 is 10.6. The number of hydrogen-bond acceptors (Lipinski definition) is 3. The Hall–Kier alpha value is -1.71. The average Bonchev–Trinajstić information content (AvgIpc) is 2.27. The van der Waals surface area contributed by atoms with Gasteiger partial charge in [0.25, 0.3) is 0 Å². The van der Waals surface area contributed by atoms with Crippen molar-refractivity contribution in [1.82, 2.24) is 0 Å². The summed E-state index contributed by atoms with van der Waals surface area (Å²) in [6.07, 6.45) is 1.44. The van der Waals surface area contributed by atoms with E-state index in [1.165, 1.54) is 0 Å². The van der Waals surface area contributed by atoms with Crippen LogP contribution in [0.5, 0.6) is 11.5 Å². The van der Waals surface area contributed by atoms with Crippen molar-refractivity contribution >= 4 is 5.97 Å². The van der Waals surface area contributed by atoms with Gasteiger partial charge in [-0.3, -0.25) is 4.79 Å². The first kappa shape index (κ1) is 13.4. The molecular formula is C13H18O4. The fourth-order valence-corrected chi connectivity index (χ4v) is 1.81. The van der Waals surface area contributed by atoms with E-state index in [1.807, 2.05) is 19.1 Å². The third-order valence-corrected chi connectivity index (χ3v) is 2.54. The van der Waals surface area contributed by atoms with E-state index in [-0.39, 0.29) is 6.42 Å². The van der Waals surface area contributed by atoms with Crippen molar-refractivity contribution in [2.45, 2.75) is 26.2 Å². The smallest absolute Gasteiger partial charge is 0.303 e. The number of benzene rings is 1. The summed E-state index contributed by atoms with van der Waals surface area (Å²) in [5.41, 5.74) is 2.07. The Kier molecular flexibility index (Phi) is 4.82. The summed E-state index contributed by atoms with van der Waals surface area (Å²) in [6, 6.07) is 3.91. The molecule has 0 aliphatic carbocycles. The number of hydrogen-bond donors (Lipinski definition) is 1. The first-order chi connectivity index (χ1) is 8.08. The number of ether oxygens (including phenoxy) is 2. The van der Waals surface area contributed by atoms with Gasteiger partial charge in [-0.1, -0.05) is 6.07 Å². The molecule has 0 saturated carbocycles. The van der Waals surface area contributed by atoms with Gasteiger partial charge in [0.2, 0.25) is 0 Å². The highest BCUT2D eigenvalue weighted by Crippen LogP contribution is 2.33. The molecule has 0 atom stereocenters. The van der Waals surface area contributed by atoms with E-state index in [0.29, 0.717) is 24.3 Å². The number of aryl methyl sites for hydroxylation is 2. The van der Waals surface area contributed by atoms with Crippen LogP contribution in [0.3, 0.4) is 0 Å². The molecule has 1 N–H and O–H groups in total. The number of carbonyl (C=O) groups is 1. The number of rotatable bonds is 6. The van der Waals surface area contributed by atoms with Crippen LogP contribution in [0.2, 0.25) is 0 Å². The van der Waals surface area contributed by atoms with Gasteiger partial charge in [-0.15, -0.1) is 0 Å². The fourth-order valence-electron chi connectivity index (χ4n) is 1.81. The van der Waals surface area contributed by atoms with Crippen LogP contribution in [0.4, 0.5) is 0 Å². The van der Waals surface area contributed by atoms with Gasteiger partial charge in [-0.25, -0.2) is 0 Å². The molecule has 0 aliphatic rings.